The number of benzene rings is 1. The molecule has 2 aromatic rings. The second-order valence-electron chi connectivity index (χ2n) is 3.93. The molecule has 0 saturated heterocycles. The lowest BCUT2D eigenvalue weighted by molar-refractivity contribution is 0.0688. The van der Waals surface area contributed by atoms with Crippen LogP contribution in [0.5, 0.6) is 5.75 Å². The highest BCUT2D eigenvalue weighted by molar-refractivity contribution is 5.87. The molecule has 0 radical (unpaired) electrons. The second kappa shape index (κ2) is 5.53. The van der Waals surface area contributed by atoms with Crippen LogP contribution in [-0.2, 0) is 6.42 Å². The lowest BCUT2D eigenvalue weighted by Crippen LogP contribution is -2.03. The van der Waals surface area contributed by atoms with E-state index in [1.54, 1.807) is 37.6 Å². The maximum absolute atomic E-state index is 11.1. The number of carboxylic acid groups (broad SMARTS) is 1. The largest absolute Gasteiger partial charge is 0.497 e. The maximum Gasteiger partial charge on any atom is 0.356 e. The summed E-state index contributed by atoms with van der Waals surface area (Å²) in [6.07, 6.45) is 1.86. The first-order chi connectivity index (χ1) is 9.15. The van der Waals surface area contributed by atoms with Gasteiger partial charge in [-0.2, -0.15) is 5.10 Å². The van der Waals surface area contributed by atoms with Crippen molar-refractivity contribution < 1.29 is 19.7 Å². The third-order valence-corrected chi connectivity index (χ3v) is 2.69. The van der Waals surface area contributed by atoms with Crippen molar-refractivity contribution in [1.29, 1.82) is 0 Å². The van der Waals surface area contributed by atoms with Gasteiger partial charge in [-0.25, -0.2) is 9.48 Å². The van der Waals surface area contributed by atoms with Crippen molar-refractivity contribution in [2.75, 3.05) is 13.7 Å². The topological polar surface area (TPSA) is 84.6 Å². The van der Waals surface area contributed by atoms with E-state index in [2.05, 4.69) is 5.10 Å². The molecule has 6 nitrogen and oxygen atoms in total. The molecule has 0 spiro atoms. The standard InChI is InChI=1S/C13H14N2O4/c1-19-11-4-2-3-10(7-11)15-8-9(5-6-16)12(14-15)13(17)18/h2-4,7-8,16H,5-6H2,1H3,(H,17,18). The van der Waals surface area contributed by atoms with Crippen LogP contribution in [0.1, 0.15) is 16.1 Å². The molecule has 1 aromatic heterocycles. The zero-order valence-electron chi connectivity index (χ0n) is 10.4. The predicted octanol–water partition coefficient (Wildman–Crippen LogP) is 1.11. The minimum absolute atomic E-state index is 0.0446. The quantitative estimate of drug-likeness (QED) is 0.843. The van der Waals surface area contributed by atoms with Crippen molar-refractivity contribution in [3.63, 3.8) is 0 Å². The molecule has 1 heterocycles. The number of aromatic nitrogens is 2. The molecule has 0 bridgehead atoms. The van der Waals surface area contributed by atoms with Gasteiger partial charge < -0.3 is 14.9 Å². The third kappa shape index (κ3) is 2.74. The van der Waals surface area contributed by atoms with Crippen LogP contribution in [0.2, 0.25) is 0 Å². The van der Waals surface area contributed by atoms with Crippen LogP contribution in [0, 0.1) is 0 Å². The number of aliphatic hydroxyl groups is 1. The number of methoxy groups -OCH3 is 1. The first-order valence-electron chi connectivity index (χ1n) is 5.73. The highest BCUT2D eigenvalue weighted by Gasteiger charge is 2.16. The minimum atomic E-state index is -1.11. The van der Waals surface area contributed by atoms with Crippen molar-refractivity contribution >= 4 is 5.97 Å². The van der Waals surface area contributed by atoms with E-state index in [9.17, 15) is 4.79 Å². The molecule has 0 amide bonds. The van der Waals surface area contributed by atoms with Crippen molar-refractivity contribution in [3.8, 4) is 11.4 Å². The minimum Gasteiger partial charge on any atom is -0.497 e. The lowest BCUT2D eigenvalue weighted by atomic mass is 10.2. The van der Waals surface area contributed by atoms with Gasteiger partial charge in [0.25, 0.3) is 0 Å². The van der Waals surface area contributed by atoms with Gasteiger partial charge in [-0.1, -0.05) is 6.07 Å². The fourth-order valence-corrected chi connectivity index (χ4v) is 1.78. The average molecular weight is 262 g/mol. The molecule has 0 fully saturated rings. The fraction of sp³-hybridized carbons (Fsp3) is 0.231. The molecule has 2 N–H and O–H groups in total. The molecule has 0 atom stereocenters. The van der Waals surface area contributed by atoms with E-state index < -0.39 is 5.97 Å². The van der Waals surface area contributed by atoms with Gasteiger partial charge in [0.1, 0.15) is 5.75 Å². The maximum atomic E-state index is 11.1. The van der Waals surface area contributed by atoms with Crippen LogP contribution in [0.15, 0.2) is 30.5 Å². The summed E-state index contributed by atoms with van der Waals surface area (Å²) >= 11 is 0. The fourth-order valence-electron chi connectivity index (χ4n) is 1.78. The molecule has 0 aliphatic rings. The van der Waals surface area contributed by atoms with Crippen LogP contribution in [-0.4, -0.2) is 39.7 Å². The zero-order valence-corrected chi connectivity index (χ0v) is 10.4. The number of aromatic carboxylic acids is 1. The number of carboxylic acids is 1. The van der Waals surface area contributed by atoms with Crippen LogP contribution >= 0.6 is 0 Å². The molecule has 0 saturated carbocycles. The van der Waals surface area contributed by atoms with E-state index in [0.29, 0.717) is 17.0 Å². The Bertz CT molecular complexity index is 592. The summed E-state index contributed by atoms with van der Waals surface area (Å²) in [6.45, 7) is -0.121. The molecule has 19 heavy (non-hydrogen) atoms. The smallest absolute Gasteiger partial charge is 0.356 e. The van der Waals surface area contributed by atoms with Gasteiger partial charge in [0.2, 0.25) is 0 Å². The molecule has 0 aliphatic heterocycles. The molecule has 0 aliphatic carbocycles. The molecule has 0 unspecified atom stereocenters. The molecule has 6 heteroatoms. The summed E-state index contributed by atoms with van der Waals surface area (Å²) in [5.74, 6) is -0.446. The van der Waals surface area contributed by atoms with Gasteiger partial charge in [0, 0.05) is 24.4 Å². The normalized spacial score (nSPS) is 10.4. The van der Waals surface area contributed by atoms with Crippen molar-refractivity contribution in [2.24, 2.45) is 0 Å². The van der Waals surface area contributed by atoms with E-state index >= 15 is 0 Å². The number of nitrogens with zero attached hydrogens (tertiary/aromatic N) is 2. The second-order valence-corrected chi connectivity index (χ2v) is 3.93. The predicted molar refractivity (Wildman–Crippen MR) is 67.9 cm³/mol. The summed E-state index contributed by atoms with van der Waals surface area (Å²) in [6, 6.07) is 7.13. The van der Waals surface area contributed by atoms with E-state index in [1.165, 1.54) is 4.68 Å². The molecular formula is C13H14N2O4. The number of rotatable bonds is 5. The van der Waals surface area contributed by atoms with E-state index in [-0.39, 0.29) is 18.7 Å². The van der Waals surface area contributed by atoms with Gasteiger partial charge in [-0.15, -0.1) is 0 Å². The third-order valence-electron chi connectivity index (χ3n) is 2.69. The van der Waals surface area contributed by atoms with Crippen molar-refractivity contribution in [1.82, 2.24) is 9.78 Å². The number of aliphatic hydroxyl groups excluding tert-OH is 1. The lowest BCUT2D eigenvalue weighted by Gasteiger charge is -2.03. The average Bonchev–Trinajstić information content (AvgIpc) is 2.83. The highest BCUT2D eigenvalue weighted by Crippen LogP contribution is 2.18. The Hall–Kier alpha value is -2.34. The van der Waals surface area contributed by atoms with Crippen LogP contribution in [0.3, 0.4) is 0 Å². The SMILES string of the molecule is COc1cccc(-n2cc(CCO)c(C(=O)O)n2)c1. The summed E-state index contributed by atoms with van der Waals surface area (Å²) in [7, 11) is 1.56. The Morgan fingerprint density at radius 3 is 2.89 bits per heavy atom. The van der Waals surface area contributed by atoms with Crippen molar-refractivity contribution in [3.05, 3.63) is 41.7 Å². The number of carbonyl (C=O) groups is 1. The van der Waals surface area contributed by atoms with Gasteiger partial charge >= 0.3 is 5.97 Å². The van der Waals surface area contributed by atoms with Crippen LogP contribution in [0.25, 0.3) is 5.69 Å². The van der Waals surface area contributed by atoms with E-state index in [0.717, 1.165) is 0 Å². The molecule has 100 valence electrons. The van der Waals surface area contributed by atoms with Gasteiger partial charge in [-0.3, -0.25) is 0 Å². The molecule has 1 aromatic carbocycles. The number of ether oxygens (including phenoxy) is 1. The first-order valence-corrected chi connectivity index (χ1v) is 5.73. The summed E-state index contributed by atoms with van der Waals surface area (Å²) < 4.78 is 6.58. The first kappa shape index (κ1) is 13.1. The Balaban J connectivity index is 2.44. The van der Waals surface area contributed by atoms with Gasteiger partial charge in [-0.05, 0) is 18.6 Å². The Kier molecular flexibility index (Phi) is 3.82. The van der Waals surface area contributed by atoms with E-state index in [1.807, 2.05) is 0 Å². The van der Waals surface area contributed by atoms with Gasteiger partial charge in [0.15, 0.2) is 5.69 Å². The Morgan fingerprint density at radius 2 is 2.26 bits per heavy atom. The van der Waals surface area contributed by atoms with Crippen LogP contribution < -0.4 is 4.74 Å². The summed E-state index contributed by atoms with van der Waals surface area (Å²) in [5.41, 5.74) is 1.15. The Labute approximate surface area is 109 Å². The van der Waals surface area contributed by atoms with Crippen molar-refractivity contribution in [2.45, 2.75) is 6.42 Å². The summed E-state index contributed by atoms with van der Waals surface area (Å²) in [4.78, 5) is 11.1. The van der Waals surface area contributed by atoms with Gasteiger partial charge in [0.05, 0.1) is 12.8 Å². The number of hydrogen-bond acceptors (Lipinski definition) is 4. The highest BCUT2D eigenvalue weighted by atomic mass is 16.5. The van der Waals surface area contributed by atoms with E-state index in [4.69, 9.17) is 14.9 Å². The summed E-state index contributed by atoms with van der Waals surface area (Å²) in [5, 5.41) is 22.0. The Morgan fingerprint density at radius 1 is 1.47 bits per heavy atom. The molecular weight excluding hydrogens is 248 g/mol. The zero-order chi connectivity index (χ0) is 13.8. The monoisotopic (exact) mass is 262 g/mol. The number of hydrogen-bond donors (Lipinski definition) is 2. The van der Waals surface area contributed by atoms with Crippen LogP contribution in [0.4, 0.5) is 0 Å². The molecule has 2 rings (SSSR count).